The highest BCUT2D eigenvalue weighted by Crippen LogP contribution is 2.31. The number of ether oxygens (including phenoxy) is 1. The van der Waals surface area contributed by atoms with Gasteiger partial charge in [0.1, 0.15) is 10.8 Å². The van der Waals surface area contributed by atoms with Gasteiger partial charge in [-0.1, -0.05) is 47.7 Å². The van der Waals surface area contributed by atoms with Crippen LogP contribution in [0.5, 0.6) is 5.75 Å². The van der Waals surface area contributed by atoms with E-state index in [0.29, 0.717) is 22.4 Å². The number of nitrogens with zero attached hydrogens (tertiary/aromatic N) is 2. The molecule has 0 spiro atoms. The van der Waals surface area contributed by atoms with Crippen LogP contribution in [0.15, 0.2) is 53.3 Å². The van der Waals surface area contributed by atoms with E-state index in [1.807, 2.05) is 0 Å². The van der Waals surface area contributed by atoms with Crippen LogP contribution in [0.1, 0.15) is 41.3 Å². The van der Waals surface area contributed by atoms with Crippen molar-refractivity contribution in [2.75, 3.05) is 19.6 Å². The van der Waals surface area contributed by atoms with Crippen molar-refractivity contribution in [1.82, 2.24) is 9.63 Å². The molecule has 6 nitrogen and oxygen atoms in total. The van der Waals surface area contributed by atoms with Gasteiger partial charge in [0.2, 0.25) is 5.43 Å². The second-order valence-corrected chi connectivity index (χ2v) is 10.3. The normalized spacial score (nSPS) is 14.6. The van der Waals surface area contributed by atoms with Gasteiger partial charge in [-0.25, -0.2) is 4.79 Å². The smallest absolute Gasteiger partial charge is 0.406 e. The number of rotatable bonds is 5. The highest BCUT2D eigenvalue weighted by atomic mass is 35.5. The van der Waals surface area contributed by atoms with Gasteiger partial charge in [-0.05, 0) is 81.1 Å². The number of carbonyl (C=O) groups is 1. The molecule has 1 aromatic heterocycles. The van der Waals surface area contributed by atoms with Crippen LogP contribution in [0, 0.1) is 25.7 Å². The first-order chi connectivity index (χ1) is 20.1. The zero-order chi connectivity index (χ0) is 31.5. The van der Waals surface area contributed by atoms with Crippen molar-refractivity contribution in [2.45, 2.75) is 45.1 Å². The molecule has 3 aromatic rings. The Morgan fingerprint density at radius 2 is 1.65 bits per heavy atom. The molecule has 1 fully saturated rings. The molecule has 0 atom stereocenters. The predicted molar refractivity (Wildman–Crippen MR) is 147 cm³/mol. The summed E-state index contributed by atoms with van der Waals surface area (Å²) in [5, 5.41) is -0.388. The molecule has 0 unspecified atom stereocenters. The van der Waals surface area contributed by atoms with Crippen molar-refractivity contribution < 1.29 is 40.7 Å². The third-order valence-electron chi connectivity index (χ3n) is 6.98. The molecular weight excluding hydrogens is 602 g/mol. The molecule has 228 valence electrons. The van der Waals surface area contributed by atoms with Crippen LogP contribution in [-0.2, 0) is 4.79 Å². The number of benzene rings is 2. The summed E-state index contributed by atoms with van der Waals surface area (Å²) >= 11 is 6.11. The van der Waals surface area contributed by atoms with Gasteiger partial charge in [0.25, 0.3) is 0 Å². The van der Waals surface area contributed by atoms with Crippen LogP contribution < -0.4 is 15.0 Å². The first-order valence-electron chi connectivity index (χ1n) is 13.0. The largest absolute Gasteiger partial charge is 0.573 e. The van der Waals surface area contributed by atoms with Gasteiger partial charge < -0.3 is 9.57 Å². The van der Waals surface area contributed by atoms with E-state index in [0.717, 1.165) is 31.5 Å². The second kappa shape index (κ2) is 12.7. The molecule has 4 rings (SSSR count). The van der Waals surface area contributed by atoms with Crippen molar-refractivity contribution in [3.8, 4) is 28.7 Å². The Morgan fingerprint density at radius 1 is 1.00 bits per heavy atom. The van der Waals surface area contributed by atoms with E-state index >= 15 is 0 Å². The molecule has 0 N–H and O–H groups in total. The molecule has 0 bridgehead atoms. The van der Waals surface area contributed by atoms with Crippen molar-refractivity contribution in [3.05, 3.63) is 86.3 Å². The lowest BCUT2D eigenvalue weighted by Gasteiger charge is -2.30. The quantitative estimate of drug-likeness (QED) is 0.241. The SMILES string of the molecule is Cc1c(Cl)c(=O)c(-c2cccc(C#CCN3CCC(c4ccc(OC(F)(F)F)cc4)CC3)c2)c(C)n1OC(=O)C(F)(F)F. The number of hydrogen-bond acceptors (Lipinski definition) is 5. The van der Waals surface area contributed by atoms with Gasteiger partial charge in [-0.2, -0.15) is 17.9 Å². The maximum absolute atomic E-state index is 13.0. The molecule has 43 heavy (non-hydrogen) atoms. The maximum atomic E-state index is 13.0. The second-order valence-electron chi connectivity index (χ2n) is 9.91. The van der Waals surface area contributed by atoms with Gasteiger partial charge in [0.05, 0.1) is 23.5 Å². The van der Waals surface area contributed by atoms with Crippen LogP contribution in [0.2, 0.25) is 5.02 Å². The minimum atomic E-state index is -5.25. The predicted octanol–water partition coefficient (Wildman–Crippen LogP) is 6.43. The van der Waals surface area contributed by atoms with Crippen LogP contribution in [0.25, 0.3) is 11.1 Å². The van der Waals surface area contributed by atoms with Crippen LogP contribution >= 0.6 is 11.6 Å². The van der Waals surface area contributed by atoms with E-state index in [2.05, 4.69) is 26.3 Å². The number of alkyl halides is 6. The molecule has 0 saturated carbocycles. The van der Waals surface area contributed by atoms with Gasteiger partial charge in [0.15, 0.2) is 0 Å². The lowest BCUT2D eigenvalue weighted by molar-refractivity contribution is -0.274. The van der Waals surface area contributed by atoms with E-state index in [-0.39, 0.29) is 33.6 Å². The monoisotopic (exact) mass is 626 g/mol. The third-order valence-corrected chi connectivity index (χ3v) is 7.43. The van der Waals surface area contributed by atoms with E-state index in [9.17, 15) is 35.9 Å². The summed E-state index contributed by atoms with van der Waals surface area (Å²) in [7, 11) is 0. The molecule has 2 aromatic carbocycles. The van der Waals surface area contributed by atoms with Gasteiger partial charge in [-0.3, -0.25) is 9.69 Å². The third kappa shape index (κ3) is 7.91. The fourth-order valence-corrected chi connectivity index (χ4v) is 5.04. The van der Waals surface area contributed by atoms with Gasteiger partial charge >= 0.3 is 18.5 Å². The van der Waals surface area contributed by atoms with Crippen LogP contribution in [0.4, 0.5) is 26.3 Å². The number of aromatic nitrogens is 1. The zero-order valence-corrected chi connectivity index (χ0v) is 23.7. The molecule has 1 aliphatic heterocycles. The molecule has 0 aliphatic carbocycles. The number of piperidine rings is 1. The zero-order valence-electron chi connectivity index (χ0n) is 22.9. The van der Waals surface area contributed by atoms with E-state index in [4.69, 9.17) is 11.6 Å². The van der Waals surface area contributed by atoms with Crippen LogP contribution in [0.3, 0.4) is 0 Å². The molecule has 2 heterocycles. The molecule has 0 radical (unpaired) electrons. The lowest BCUT2D eigenvalue weighted by atomic mass is 9.89. The number of likely N-dealkylation sites (tertiary alicyclic amines) is 1. The highest BCUT2D eigenvalue weighted by molar-refractivity contribution is 6.31. The van der Waals surface area contributed by atoms with Crippen molar-refractivity contribution in [2.24, 2.45) is 0 Å². The summed E-state index contributed by atoms with van der Waals surface area (Å²) in [6.45, 7) is 4.52. The minimum absolute atomic E-state index is 0.0331. The average Bonchev–Trinajstić information content (AvgIpc) is 2.94. The summed E-state index contributed by atoms with van der Waals surface area (Å²) in [6, 6.07) is 12.4. The number of halogens is 7. The maximum Gasteiger partial charge on any atom is 0.573 e. The van der Waals surface area contributed by atoms with Gasteiger partial charge in [-0.15, -0.1) is 13.2 Å². The molecule has 0 amide bonds. The van der Waals surface area contributed by atoms with Crippen molar-refractivity contribution in [3.63, 3.8) is 0 Å². The van der Waals surface area contributed by atoms with Crippen LogP contribution in [-0.4, -0.2) is 47.8 Å². The summed E-state index contributed by atoms with van der Waals surface area (Å²) in [4.78, 5) is 31.1. The summed E-state index contributed by atoms with van der Waals surface area (Å²) < 4.78 is 80.2. The van der Waals surface area contributed by atoms with Crippen molar-refractivity contribution >= 4 is 17.6 Å². The van der Waals surface area contributed by atoms with E-state index in [1.165, 1.54) is 26.0 Å². The molecule has 1 saturated heterocycles. The first kappa shape index (κ1) is 32.0. The Morgan fingerprint density at radius 3 is 2.26 bits per heavy atom. The standard InChI is InChI=1S/C30H25ClF6N2O4/c1-18-25(27(40)26(31)19(2)39(18)43-28(41)29(32,33)34)23-7-3-5-20(17-23)6-4-14-38-15-12-22(13-16-38)21-8-10-24(11-9-21)42-30(35,36)37/h3,5,7-11,17,22H,12-16H2,1-2H3. The topological polar surface area (TPSA) is 60.8 Å². The van der Waals surface area contributed by atoms with Crippen molar-refractivity contribution in [1.29, 1.82) is 0 Å². The molecule has 1 aliphatic rings. The summed E-state index contributed by atoms with van der Waals surface area (Å²) in [6.07, 6.45) is -8.38. The number of hydrogen-bond donors (Lipinski definition) is 0. The van der Waals surface area contributed by atoms with E-state index in [1.54, 1.807) is 36.4 Å². The lowest BCUT2D eigenvalue weighted by Crippen LogP contribution is -2.36. The Hall–Kier alpha value is -3.95. The van der Waals surface area contributed by atoms with E-state index < -0.39 is 23.9 Å². The Bertz CT molecular complexity index is 1610. The molecular formula is C30H25ClF6N2O4. The Labute approximate surface area is 247 Å². The Kier molecular flexibility index (Phi) is 9.47. The molecule has 13 heteroatoms. The van der Waals surface area contributed by atoms with Gasteiger partial charge in [0, 0.05) is 5.56 Å². The Balaban J connectivity index is 1.43. The summed E-state index contributed by atoms with van der Waals surface area (Å²) in [5.41, 5.74) is 0.956. The highest BCUT2D eigenvalue weighted by Gasteiger charge is 2.42. The minimum Gasteiger partial charge on any atom is -0.406 e. The first-order valence-corrected chi connectivity index (χ1v) is 13.4. The fraction of sp³-hybridized carbons (Fsp3) is 0.333. The average molecular weight is 627 g/mol. The fourth-order valence-electron chi connectivity index (χ4n) is 4.86. The summed E-state index contributed by atoms with van der Waals surface area (Å²) in [5.74, 6) is 3.60. The number of pyridine rings is 1. The number of carbonyl (C=O) groups excluding carboxylic acids is 1.